The van der Waals surface area contributed by atoms with Crippen LogP contribution in [0.1, 0.15) is 51.9 Å². The first-order valence-electron chi connectivity index (χ1n) is 11.5. The maximum atomic E-state index is 13.0. The molecular weight excluding hydrogens is 448 g/mol. The molecular formula is C23H34N2O7S. The first-order valence-corrected chi connectivity index (χ1v) is 12.9. The summed E-state index contributed by atoms with van der Waals surface area (Å²) in [6.45, 7) is 1.96. The van der Waals surface area contributed by atoms with Gasteiger partial charge in [0.1, 0.15) is 0 Å². The molecule has 184 valence electrons. The highest BCUT2D eigenvalue weighted by Gasteiger charge is 2.34. The number of esters is 1. The van der Waals surface area contributed by atoms with E-state index in [-0.39, 0.29) is 29.9 Å². The molecule has 1 saturated carbocycles. The summed E-state index contributed by atoms with van der Waals surface area (Å²) in [5.74, 6) is -0.392. The van der Waals surface area contributed by atoms with Gasteiger partial charge in [-0.05, 0) is 44.7 Å². The van der Waals surface area contributed by atoms with E-state index in [0.717, 1.165) is 25.7 Å². The quantitative estimate of drug-likeness (QED) is 0.567. The number of nitrogens with zero attached hydrogens (tertiary/aromatic N) is 1. The third-order valence-corrected chi connectivity index (χ3v) is 8.29. The molecule has 1 amide bonds. The molecule has 1 aromatic carbocycles. The van der Waals surface area contributed by atoms with Crippen molar-refractivity contribution >= 4 is 21.9 Å². The van der Waals surface area contributed by atoms with Gasteiger partial charge < -0.3 is 19.5 Å². The Bertz CT molecular complexity index is 936. The normalized spacial score (nSPS) is 19.5. The molecule has 33 heavy (non-hydrogen) atoms. The minimum absolute atomic E-state index is 0.106. The van der Waals surface area contributed by atoms with Gasteiger partial charge in [-0.3, -0.25) is 9.59 Å². The van der Waals surface area contributed by atoms with E-state index in [9.17, 15) is 18.0 Å². The van der Waals surface area contributed by atoms with Crippen molar-refractivity contribution in [3.8, 4) is 11.5 Å². The number of carbonyl (C=O) groups excluding carboxylic acids is 2. The van der Waals surface area contributed by atoms with Gasteiger partial charge in [-0.15, -0.1) is 0 Å². The molecule has 9 nitrogen and oxygen atoms in total. The summed E-state index contributed by atoms with van der Waals surface area (Å²) >= 11 is 0. The van der Waals surface area contributed by atoms with E-state index in [0.29, 0.717) is 24.3 Å². The van der Waals surface area contributed by atoms with Crippen LogP contribution < -0.4 is 14.8 Å². The van der Waals surface area contributed by atoms with Crippen LogP contribution in [0.15, 0.2) is 23.1 Å². The number of hydrogen-bond acceptors (Lipinski definition) is 7. The number of hydrogen-bond donors (Lipinski definition) is 1. The summed E-state index contributed by atoms with van der Waals surface area (Å²) in [4.78, 5) is 25.1. The van der Waals surface area contributed by atoms with Crippen molar-refractivity contribution in [1.82, 2.24) is 9.62 Å². The molecule has 3 rings (SSSR count). The van der Waals surface area contributed by atoms with Crippen LogP contribution in [-0.4, -0.2) is 64.1 Å². The van der Waals surface area contributed by atoms with E-state index in [2.05, 4.69) is 5.32 Å². The Labute approximate surface area is 195 Å². The summed E-state index contributed by atoms with van der Waals surface area (Å²) in [5.41, 5.74) is 0. The fraction of sp³-hybridized carbons (Fsp3) is 0.652. The van der Waals surface area contributed by atoms with Crippen LogP contribution in [0.25, 0.3) is 0 Å². The monoisotopic (exact) mass is 482 g/mol. The van der Waals surface area contributed by atoms with E-state index in [4.69, 9.17) is 14.2 Å². The summed E-state index contributed by atoms with van der Waals surface area (Å²) in [6.07, 6.45) is 5.11. The van der Waals surface area contributed by atoms with E-state index < -0.39 is 28.0 Å². The molecule has 1 aliphatic carbocycles. The molecule has 1 aliphatic heterocycles. The summed E-state index contributed by atoms with van der Waals surface area (Å²) < 4.78 is 43.2. The molecule has 1 atom stereocenters. The van der Waals surface area contributed by atoms with Gasteiger partial charge in [0.2, 0.25) is 10.0 Å². The number of benzene rings is 1. The van der Waals surface area contributed by atoms with Gasteiger partial charge in [-0.1, -0.05) is 19.3 Å². The Morgan fingerprint density at radius 3 is 2.24 bits per heavy atom. The van der Waals surface area contributed by atoms with Gasteiger partial charge in [0.05, 0.1) is 25.0 Å². The minimum atomic E-state index is -3.74. The van der Waals surface area contributed by atoms with Crippen molar-refractivity contribution in [2.24, 2.45) is 5.92 Å². The second-order valence-electron chi connectivity index (χ2n) is 8.62. The van der Waals surface area contributed by atoms with Crippen LogP contribution in [0, 0.1) is 5.92 Å². The minimum Gasteiger partial charge on any atom is -0.493 e. The predicted octanol–water partition coefficient (Wildman–Crippen LogP) is 2.49. The third-order valence-electron chi connectivity index (χ3n) is 6.39. The van der Waals surface area contributed by atoms with E-state index in [1.807, 2.05) is 0 Å². The number of amides is 1. The van der Waals surface area contributed by atoms with Crippen molar-refractivity contribution < 1.29 is 32.2 Å². The van der Waals surface area contributed by atoms with E-state index >= 15 is 0 Å². The third kappa shape index (κ3) is 6.17. The number of methoxy groups -OCH3 is 2. The van der Waals surface area contributed by atoms with Crippen molar-refractivity contribution in [2.75, 3.05) is 27.3 Å². The SMILES string of the molecule is COc1ccc(S(=O)(=O)N2CCC(C(=O)O[C@H](C)C(=O)NC3CCCCC3)CC2)cc1OC. The van der Waals surface area contributed by atoms with Crippen LogP contribution in [0.3, 0.4) is 0 Å². The van der Waals surface area contributed by atoms with Crippen LogP contribution in [-0.2, 0) is 24.3 Å². The number of piperidine rings is 1. The lowest BCUT2D eigenvalue weighted by Crippen LogP contribution is -2.44. The van der Waals surface area contributed by atoms with Gasteiger partial charge in [0, 0.05) is 25.2 Å². The van der Waals surface area contributed by atoms with Gasteiger partial charge in [-0.25, -0.2) is 8.42 Å². The van der Waals surface area contributed by atoms with Gasteiger partial charge in [0.25, 0.3) is 5.91 Å². The summed E-state index contributed by atoms with van der Waals surface area (Å²) in [5, 5.41) is 2.97. The zero-order valence-electron chi connectivity index (χ0n) is 19.5. The molecule has 2 aliphatic rings. The average molecular weight is 483 g/mol. The zero-order valence-corrected chi connectivity index (χ0v) is 20.4. The largest absolute Gasteiger partial charge is 0.493 e. The predicted molar refractivity (Wildman–Crippen MR) is 122 cm³/mol. The highest BCUT2D eigenvalue weighted by Crippen LogP contribution is 2.32. The molecule has 1 aromatic rings. The Balaban J connectivity index is 1.53. The number of rotatable bonds is 8. The van der Waals surface area contributed by atoms with Crippen LogP contribution in [0.4, 0.5) is 0 Å². The highest BCUT2D eigenvalue weighted by molar-refractivity contribution is 7.89. The first kappa shape index (κ1) is 25.3. The van der Waals surface area contributed by atoms with Crippen LogP contribution in [0.5, 0.6) is 11.5 Å². The van der Waals surface area contributed by atoms with Gasteiger partial charge in [-0.2, -0.15) is 4.31 Å². The molecule has 2 fully saturated rings. The fourth-order valence-electron chi connectivity index (χ4n) is 4.35. The second kappa shape index (κ2) is 11.2. The first-order chi connectivity index (χ1) is 15.8. The lowest BCUT2D eigenvalue weighted by Gasteiger charge is -2.31. The maximum Gasteiger partial charge on any atom is 0.309 e. The average Bonchev–Trinajstić information content (AvgIpc) is 2.84. The second-order valence-corrected chi connectivity index (χ2v) is 10.6. The van der Waals surface area contributed by atoms with Crippen molar-refractivity contribution in [3.63, 3.8) is 0 Å². The van der Waals surface area contributed by atoms with Crippen LogP contribution in [0.2, 0.25) is 0 Å². The number of sulfonamides is 1. The molecule has 1 N–H and O–H groups in total. The number of ether oxygens (including phenoxy) is 3. The van der Waals surface area contributed by atoms with Crippen molar-refractivity contribution in [2.45, 2.75) is 68.9 Å². The van der Waals surface area contributed by atoms with Crippen molar-refractivity contribution in [1.29, 1.82) is 0 Å². The molecule has 1 heterocycles. The fourth-order valence-corrected chi connectivity index (χ4v) is 5.83. The topological polar surface area (TPSA) is 111 Å². The maximum absolute atomic E-state index is 13.0. The summed E-state index contributed by atoms with van der Waals surface area (Å²) in [7, 11) is -0.811. The van der Waals surface area contributed by atoms with Crippen molar-refractivity contribution in [3.05, 3.63) is 18.2 Å². The summed E-state index contributed by atoms with van der Waals surface area (Å²) in [6, 6.07) is 4.61. The highest BCUT2D eigenvalue weighted by atomic mass is 32.2. The Morgan fingerprint density at radius 1 is 1.00 bits per heavy atom. The smallest absolute Gasteiger partial charge is 0.309 e. The zero-order chi connectivity index (χ0) is 24.0. The molecule has 0 unspecified atom stereocenters. The van der Waals surface area contributed by atoms with E-state index in [1.165, 1.54) is 37.1 Å². The number of carbonyl (C=O) groups is 2. The molecule has 0 aromatic heterocycles. The molecule has 0 radical (unpaired) electrons. The Morgan fingerprint density at radius 2 is 1.64 bits per heavy atom. The molecule has 0 spiro atoms. The Kier molecular flexibility index (Phi) is 8.58. The molecule has 0 bridgehead atoms. The number of nitrogens with one attached hydrogen (secondary N) is 1. The Hall–Kier alpha value is -2.33. The lowest BCUT2D eigenvalue weighted by molar-refractivity contribution is -0.160. The molecule has 1 saturated heterocycles. The van der Waals surface area contributed by atoms with Crippen LogP contribution >= 0.6 is 0 Å². The van der Waals surface area contributed by atoms with Gasteiger partial charge in [0.15, 0.2) is 17.6 Å². The van der Waals surface area contributed by atoms with Gasteiger partial charge >= 0.3 is 5.97 Å². The van der Waals surface area contributed by atoms with E-state index in [1.54, 1.807) is 13.0 Å². The lowest BCUT2D eigenvalue weighted by atomic mass is 9.95. The standard InChI is InChI=1S/C23H34N2O7S/c1-16(22(26)24-18-7-5-4-6-8-18)32-23(27)17-11-13-25(14-12-17)33(28,29)19-9-10-20(30-2)21(15-19)31-3/h9-10,15-18H,4-8,11-14H2,1-3H3,(H,24,26)/t16-/m1/s1. The molecule has 10 heteroatoms.